The number of nitrogens with one attached hydrogen (secondary N) is 1. The van der Waals surface area contributed by atoms with Gasteiger partial charge in [0.2, 0.25) is 0 Å². The number of aromatic nitrogens is 1. The smallest absolute Gasteiger partial charge is 0.353 e. The lowest BCUT2D eigenvalue weighted by Gasteiger charge is -2.17. The molecule has 0 saturated heterocycles. The summed E-state index contributed by atoms with van der Waals surface area (Å²) in [6, 6.07) is 3.49. The number of benzene rings is 1. The van der Waals surface area contributed by atoms with Crippen LogP contribution in [0.5, 0.6) is 0 Å². The second kappa shape index (κ2) is 7.62. The molecule has 7 heteroatoms. The molecule has 0 spiro atoms. The van der Waals surface area contributed by atoms with E-state index in [2.05, 4.69) is 20.9 Å². The van der Waals surface area contributed by atoms with Crippen molar-refractivity contribution in [1.29, 1.82) is 0 Å². The van der Waals surface area contributed by atoms with E-state index < -0.39 is 11.6 Å². The highest BCUT2D eigenvalue weighted by Gasteiger charge is 2.18. The van der Waals surface area contributed by atoms with Gasteiger partial charge in [-0.25, -0.2) is 9.59 Å². The number of aryl methyl sites for hydroxylation is 1. The molecule has 0 aliphatic carbocycles. The molecule has 25 heavy (non-hydrogen) atoms. The average Bonchev–Trinajstić information content (AvgIpc) is 2.78. The Hall–Kier alpha value is -1.79. The number of fused-ring (bicyclic) bond motifs is 1. The lowest BCUT2D eigenvalue weighted by Crippen LogP contribution is -2.22. The molecule has 0 radical (unpaired) electrons. The first kappa shape index (κ1) is 19.5. The Morgan fingerprint density at radius 1 is 1.36 bits per heavy atom. The van der Waals surface area contributed by atoms with Gasteiger partial charge < -0.3 is 14.8 Å². The van der Waals surface area contributed by atoms with Crippen LogP contribution in [0.15, 0.2) is 28.8 Å². The first-order valence-corrected chi connectivity index (χ1v) is 8.88. The van der Waals surface area contributed by atoms with E-state index in [0.717, 1.165) is 10.9 Å². The van der Waals surface area contributed by atoms with Gasteiger partial charge in [0.1, 0.15) is 11.3 Å². The number of ether oxygens (including phenoxy) is 1. The molecule has 1 aromatic heterocycles. The van der Waals surface area contributed by atoms with Crippen LogP contribution in [0.2, 0.25) is 5.02 Å². The van der Waals surface area contributed by atoms with Crippen LogP contribution in [-0.4, -0.2) is 27.6 Å². The molecule has 0 saturated carbocycles. The van der Waals surface area contributed by atoms with Crippen LogP contribution in [0.1, 0.15) is 43.2 Å². The highest BCUT2D eigenvalue weighted by Crippen LogP contribution is 2.33. The van der Waals surface area contributed by atoms with Gasteiger partial charge in [-0.3, -0.25) is 0 Å². The molecule has 1 aromatic carbocycles. The Kier molecular flexibility index (Phi) is 5.95. The molecule has 0 aliphatic heterocycles. The van der Waals surface area contributed by atoms with Crippen LogP contribution >= 0.6 is 27.5 Å². The Morgan fingerprint density at radius 2 is 2.04 bits per heavy atom. The summed E-state index contributed by atoms with van der Waals surface area (Å²) in [7, 11) is 0. The van der Waals surface area contributed by atoms with E-state index in [1.807, 2.05) is 20.8 Å². The largest absolute Gasteiger partial charge is 0.477 e. The summed E-state index contributed by atoms with van der Waals surface area (Å²) < 4.78 is 5.70. The van der Waals surface area contributed by atoms with Crippen molar-refractivity contribution in [3.8, 4) is 0 Å². The number of hydrogen-bond donors (Lipinski definition) is 2. The van der Waals surface area contributed by atoms with Crippen LogP contribution in [0.25, 0.3) is 10.9 Å². The molecular formula is C18H19BrClNO4. The van der Waals surface area contributed by atoms with Crippen molar-refractivity contribution in [3.63, 3.8) is 0 Å². The molecule has 0 fully saturated rings. The average molecular weight is 429 g/mol. The van der Waals surface area contributed by atoms with E-state index in [1.165, 1.54) is 6.08 Å². The van der Waals surface area contributed by atoms with E-state index in [1.54, 1.807) is 18.2 Å². The van der Waals surface area contributed by atoms with Crippen molar-refractivity contribution in [3.05, 3.63) is 45.0 Å². The lowest BCUT2D eigenvalue weighted by molar-refractivity contribution is -0.148. The number of carboxylic acid groups (broad SMARTS) is 1. The van der Waals surface area contributed by atoms with Gasteiger partial charge in [0.15, 0.2) is 0 Å². The first-order chi connectivity index (χ1) is 11.6. The van der Waals surface area contributed by atoms with Gasteiger partial charge in [-0.15, -0.1) is 0 Å². The summed E-state index contributed by atoms with van der Waals surface area (Å²) in [6.07, 6.45) is 4.34. The minimum Gasteiger partial charge on any atom is -0.477 e. The molecule has 2 aromatic rings. The maximum atomic E-state index is 11.7. The van der Waals surface area contributed by atoms with E-state index in [0.29, 0.717) is 27.9 Å². The number of esters is 1. The summed E-state index contributed by atoms with van der Waals surface area (Å²) in [5.74, 6) is -1.44. The molecule has 0 unspecified atom stereocenters. The molecule has 2 rings (SSSR count). The standard InChI is InChI=1S/C18H19BrClNO4/c1-18(2,3)25-13(22)7-5-4-6-10-8-11(20)9-12-14(10)15(19)16(21-12)17(23)24/h5,7-9,21H,4,6H2,1-3H3,(H,23,24). The van der Waals surface area contributed by atoms with Crippen molar-refractivity contribution in [2.45, 2.75) is 39.2 Å². The molecule has 5 nitrogen and oxygen atoms in total. The normalized spacial score (nSPS) is 12.0. The zero-order valence-electron chi connectivity index (χ0n) is 14.2. The number of aromatic amines is 1. The van der Waals surface area contributed by atoms with Gasteiger partial charge >= 0.3 is 11.9 Å². The van der Waals surface area contributed by atoms with Crippen LogP contribution in [0.3, 0.4) is 0 Å². The number of carbonyl (C=O) groups is 2. The minimum absolute atomic E-state index is 0.0859. The van der Waals surface area contributed by atoms with E-state index in [4.69, 9.17) is 16.3 Å². The Morgan fingerprint density at radius 3 is 2.64 bits per heavy atom. The van der Waals surface area contributed by atoms with Crippen molar-refractivity contribution in [1.82, 2.24) is 4.98 Å². The van der Waals surface area contributed by atoms with Gasteiger partial charge in [0, 0.05) is 22.0 Å². The predicted octanol–water partition coefficient (Wildman–Crippen LogP) is 5.11. The van der Waals surface area contributed by atoms with E-state index >= 15 is 0 Å². The number of hydrogen-bond acceptors (Lipinski definition) is 3. The molecule has 2 N–H and O–H groups in total. The Balaban J connectivity index is 2.18. The number of carbonyl (C=O) groups excluding carboxylic acids is 1. The van der Waals surface area contributed by atoms with Crippen LogP contribution in [-0.2, 0) is 16.0 Å². The summed E-state index contributed by atoms with van der Waals surface area (Å²) in [4.78, 5) is 25.8. The summed E-state index contributed by atoms with van der Waals surface area (Å²) in [6.45, 7) is 5.43. The van der Waals surface area contributed by atoms with Crippen molar-refractivity contribution < 1.29 is 19.4 Å². The molecule has 0 aliphatic rings. The second-order valence-electron chi connectivity index (χ2n) is 6.58. The van der Waals surface area contributed by atoms with Crippen LogP contribution < -0.4 is 0 Å². The maximum Gasteiger partial charge on any atom is 0.353 e. The van der Waals surface area contributed by atoms with Gasteiger partial charge in [0.05, 0.1) is 4.47 Å². The third-order valence-corrected chi connectivity index (χ3v) is 4.35. The number of allylic oxidation sites excluding steroid dienone is 1. The topological polar surface area (TPSA) is 79.4 Å². The maximum absolute atomic E-state index is 11.7. The number of halogens is 2. The fourth-order valence-corrected chi connectivity index (χ4v) is 3.41. The Labute approximate surface area is 159 Å². The molecule has 0 bridgehead atoms. The van der Waals surface area contributed by atoms with Crippen LogP contribution in [0, 0.1) is 0 Å². The van der Waals surface area contributed by atoms with Crippen molar-refractivity contribution in [2.24, 2.45) is 0 Å². The van der Waals surface area contributed by atoms with Gasteiger partial charge in [-0.2, -0.15) is 0 Å². The minimum atomic E-state index is -1.05. The highest BCUT2D eigenvalue weighted by molar-refractivity contribution is 9.10. The van der Waals surface area contributed by atoms with E-state index in [-0.39, 0.29) is 11.7 Å². The zero-order chi connectivity index (χ0) is 18.8. The van der Waals surface area contributed by atoms with Gasteiger partial charge in [-0.05, 0) is 67.2 Å². The van der Waals surface area contributed by atoms with Gasteiger partial charge in [-0.1, -0.05) is 17.7 Å². The molecular weight excluding hydrogens is 410 g/mol. The highest BCUT2D eigenvalue weighted by atomic mass is 79.9. The predicted molar refractivity (Wildman–Crippen MR) is 101 cm³/mol. The fraction of sp³-hybridized carbons (Fsp3) is 0.333. The zero-order valence-corrected chi connectivity index (χ0v) is 16.5. The molecule has 0 amide bonds. The van der Waals surface area contributed by atoms with E-state index in [9.17, 15) is 14.7 Å². The van der Waals surface area contributed by atoms with Crippen molar-refractivity contribution >= 4 is 50.4 Å². The molecule has 1 heterocycles. The number of H-pyrrole nitrogens is 1. The first-order valence-electron chi connectivity index (χ1n) is 7.71. The Bertz CT molecular complexity index is 849. The summed E-state index contributed by atoms with van der Waals surface area (Å²) in [5, 5.41) is 10.5. The number of rotatable bonds is 5. The third kappa shape index (κ3) is 5.09. The lowest BCUT2D eigenvalue weighted by atomic mass is 10.0. The molecule has 134 valence electrons. The number of carboxylic acids is 1. The van der Waals surface area contributed by atoms with Gasteiger partial charge in [0.25, 0.3) is 0 Å². The fourth-order valence-electron chi connectivity index (χ4n) is 2.43. The SMILES string of the molecule is CC(C)(C)OC(=O)C=CCCc1cc(Cl)cc2[nH]c(C(=O)O)c(Br)c12. The molecule has 0 atom stereocenters. The monoisotopic (exact) mass is 427 g/mol. The quantitative estimate of drug-likeness (QED) is 0.512. The summed E-state index contributed by atoms with van der Waals surface area (Å²) >= 11 is 9.47. The second-order valence-corrected chi connectivity index (χ2v) is 7.81. The third-order valence-electron chi connectivity index (χ3n) is 3.34. The summed E-state index contributed by atoms with van der Waals surface area (Å²) in [5.41, 5.74) is 1.11. The number of aromatic carboxylic acids is 1. The van der Waals surface area contributed by atoms with Crippen LogP contribution in [0.4, 0.5) is 0 Å². The van der Waals surface area contributed by atoms with Crippen molar-refractivity contribution in [2.75, 3.05) is 0 Å².